The predicted octanol–water partition coefficient (Wildman–Crippen LogP) is 1.83. The van der Waals surface area contributed by atoms with Crippen molar-refractivity contribution in [3.8, 4) is 0 Å². The van der Waals surface area contributed by atoms with Crippen molar-refractivity contribution in [3.05, 3.63) is 30.1 Å². The number of hydrogen-bond acceptors (Lipinski definition) is 3. The van der Waals surface area contributed by atoms with Crippen LogP contribution >= 0.6 is 0 Å². The third-order valence-corrected chi connectivity index (χ3v) is 3.72. The standard InChI is InChI=1S/C14H23N3/c1-17(12-14(15)7-2-3-8-14)11-6-13-4-9-16-10-5-13/h4-5,9-10H,2-3,6-8,11-12,15H2,1H3. The van der Waals surface area contributed by atoms with Crippen LogP contribution in [0.5, 0.6) is 0 Å². The minimum Gasteiger partial charge on any atom is -0.324 e. The van der Waals surface area contributed by atoms with E-state index in [0.29, 0.717) is 0 Å². The Morgan fingerprint density at radius 1 is 1.29 bits per heavy atom. The molecular formula is C14H23N3. The molecule has 0 saturated heterocycles. The summed E-state index contributed by atoms with van der Waals surface area (Å²) in [6.07, 6.45) is 9.77. The fourth-order valence-corrected chi connectivity index (χ4v) is 2.72. The lowest BCUT2D eigenvalue weighted by Gasteiger charge is -2.29. The molecule has 0 aromatic carbocycles. The second-order valence-corrected chi connectivity index (χ2v) is 5.41. The highest BCUT2D eigenvalue weighted by atomic mass is 15.1. The van der Waals surface area contributed by atoms with Crippen LogP contribution in [0.25, 0.3) is 0 Å². The second-order valence-electron chi connectivity index (χ2n) is 5.41. The van der Waals surface area contributed by atoms with E-state index in [4.69, 9.17) is 5.73 Å². The van der Waals surface area contributed by atoms with Crippen LogP contribution in [0, 0.1) is 0 Å². The van der Waals surface area contributed by atoms with Gasteiger partial charge in [0.25, 0.3) is 0 Å². The zero-order valence-corrected chi connectivity index (χ0v) is 10.7. The topological polar surface area (TPSA) is 42.2 Å². The van der Waals surface area contributed by atoms with Crippen molar-refractivity contribution in [1.82, 2.24) is 9.88 Å². The maximum atomic E-state index is 6.38. The third-order valence-electron chi connectivity index (χ3n) is 3.72. The Kier molecular flexibility index (Phi) is 4.13. The normalized spacial score (nSPS) is 18.8. The van der Waals surface area contributed by atoms with Crippen molar-refractivity contribution in [3.63, 3.8) is 0 Å². The number of nitrogens with zero attached hydrogens (tertiary/aromatic N) is 2. The molecule has 1 saturated carbocycles. The molecule has 1 heterocycles. The summed E-state index contributed by atoms with van der Waals surface area (Å²) in [6.45, 7) is 2.10. The number of aromatic nitrogens is 1. The molecule has 1 aliphatic rings. The van der Waals surface area contributed by atoms with Gasteiger partial charge in [0.2, 0.25) is 0 Å². The summed E-state index contributed by atoms with van der Waals surface area (Å²) >= 11 is 0. The van der Waals surface area contributed by atoms with E-state index in [9.17, 15) is 0 Å². The fourth-order valence-electron chi connectivity index (χ4n) is 2.72. The summed E-state index contributed by atoms with van der Waals surface area (Å²) in [5, 5.41) is 0. The minimum atomic E-state index is 0.0764. The Labute approximate surface area is 104 Å². The number of likely N-dealkylation sites (N-methyl/N-ethyl adjacent to an activating group) is 1. The number of hydrogen-bond donors (Lipinski definition) is 1. The molecule has 17 heavy (non-hydrogen) atoms. The molecule has 0 atom stereocenters. The first kappa shape index (κ1) is 12.5. The predicted molar refractivity (Wildman–Crippen MR) is 70.8 cm³/mol. The Morgan fingerprint density at radius 2 is 1.94 bits per heavy atom. The lowest BCUT2D eigenvalue weighted by atomic mass is 9.98. The Bertz CT molecular complexity index is 331. The average Bonchev–Trinajstić information content (AvgIpc) is 2.74. The van der Waals surface area contributed by atoms with Gasteiger partial charge in [-0.1, -0.05) is 12.8 Å². The number of pyridine rings is 1. The maximum Gasteiger partial charge on any atom is 0.0283 e. The first-order valence-corrected chi connectivity index (χ1v) is 6.54. The van der Waals surface area contributed by atoms with Crippen LogP contribution in [0.3, 0.4) is 0 Å². The SMILES string of the molecule is CN(CCc1ccncc1)CC1(N)CCCC1. The van der Waals surface area contributed by atoms with Crippen LogP contribution in [-0.2, 0) is 6.42 Å². The highest BCUT2D eigenvalue weighted by Gasteiger charge is 2.30. The molecule has 3 nitrogen and oxygen atoms in total. The number of rotatable bonds is 5. The van der Waals surface area contributed by atoms with Crippen LogP contribution in [0.4, 0.5) is 0 Å². The molecule has 0 bridgehead atoms. The van der Waals surface area contributed by atoms with Gasteiger partial charge in [-0.2, -0.15) is 0 Å². The molecular weight excluding hydrogens is 210 g/mol. The number of nitrogens with two attached hydrogens (primary N) is 1. The first-order valence-electron chi connectivity index (χ1n) is 6.54. The van der Waals surface area contributed by atoms with E-state index in [2.05, 4.69) is 29.1 Å². The molecule has 1 aliphatic carbocycles. The van der Waals surface area contributed by atoms with E-state index in [1.54, 1.807) is 0 Å². The highest BCUT2D eigenvalue weighted by molar-refractivity contribution is 5.09. The van der Waals surface area contributed by atoms with E-state index in [1.165, 1.54) is 31.2 Å². The molecule has 1 aromatic heterocycles. The van der Waals surface area contributed by atoms with Crippen LogP contribution in [0.15, 0.2) is 24.5 Å². The molecule has 1 aromatic rings. The quantitative estimate of drug-likeness (QED) is 0.843. The van der Waals surface area contributed by atoms with Gasteiger partial charge in [-0.3, -0.25) is 4.98 Å². The van der Waals surface area contributed by atoms with Gasteiger partial charge in [0, 0.05) is 31.0 Å². The second kappa shape index (κ2) is 5.61. The lowest BCUT2D eigenvalue weighted by Crippen LogP contribution is -2.47. The van der Waals surface area contributed by atoms with E-state index >= 15 is 0 Å². The summed E-state index contributed by atoms with van der Waals surface area (Å²) in [6, 6.07) is 4.17. The van der Waals surface area contributed by atoms with Crippen LogP contribution in [0.1, 0.15) is 31.2 Å². The molecule has 2 N–H and O–H groups in total. The van der Waals surface area contributed by atoms with Crippen molar-refractivity contribution in [2.45, 2.75) is 37.6 Å². The van der Waals surface area contributed by atoms with Gasteiger partial charge in [0.15, 0.2) is 0 Å². The molecule has 0 radical (unpaired) electrons. The van der Waals surface area contributed by atoms with Gasteiger partial charge >= 0.3 is 0 Å². The summed E-state index contributed by atoms with van der Waals surface area (Å²) in [7, 11) is 2.17. The average molecular weight is 233 g/mol. The summed E-state index contributed by atoms with van der Waals surface area (Å²) < 4.78 is 0. The van der Waals surface area contributed by atoms with Gasteiger partial charge < -0.3 is 10.6 Å². The molecule has 3 heteroatoms. The smallest absolute Gasteiger partial charge is 0.0283 e. The van der Waals surface area contributed by atoms with Crippen molar-refractivity contribution in [2.75, 3.05) is 20.1 Å². The monoisotopic (exact) mass is 233 g/mol. The fraction of sp³-hybridized carbons (Fsp3) is 0.643. The minimum absolute atomic E-state index is 0.0764. The molecule has 0 unspecified atom stereocenters. The van der Waals surface area contributed by atoms with Crippen LogP contribution in [-0.4, -0.2) is 35.6 Å². The molecule has 0 amide bonds. The maximum absolute atomic E-state index is 6.38. The lowest BCUT2D eigenvalue weighted by molar-refractivity contribution is 0.250. The van der Waals surface area contributed by atoms with Crippen LogP contribution < -0.4 is 5.73 Å². The van der Waals surface area contributed by atoms with Crippen molar-refractivity contribution < 1.29 is 0 Å². The van der Waals surface area contributed by atoms with E-state index < -0.39 is 0 Å². The zero-order valence-electron chi connectivity index (χ0n) is 10.7. The van der Waals surface area contributed by atoms with Gasteiger partial charge in [0.05, 0.1) is 0 Å². The Morgan fingerprint density at radius 3 is 2.59 bits per heavy atom. The third kappa shape index (κ3) is 3.79. The summed E-state index contributed by atoms with van der Waals surface area (Å²) in [5.74, 6) is 0. The van der Waals surface area contributed by atoms with Crippen molar-refractivity contribution in [1.29, 1.82) is 0 Å². The van der Waals surface area contributed by atoms with Gasteiger partial charge in [0.1, 0.15) is 0 Å². The van der Waals surface area contributed by atoms with Crippen molar-refractivity contribution in [2.24, 2.45) is 5.73 Å². The Balaban J connectivity index is 1.76. The molecule has 94 valence electrons. The van der Waals surface area contributed by atoms with E-state index in [0.717, 1.165) is 19.5 Å². The summed E-state index contributed by atoms with van der Waals surface area (Å²) in [5.41, 5.74) is 7.80. The molecule has 0 spiro atoms. The van der Waals surface area contributed by atoms with Crippen LogP contribution in [0.2, 0.25) is 0 Å². The molecule has 2 rings (SSSR count). The molecule has 1 fully saturated rings. The molecule has 0 aliphatic heterocycles. The van der Waals surface area contributed by atoms with E-state index in [1.807, 2.05) is 12.4 Å². The first-order chi connectivity index (χ1) is 8.18. The van der Waals surface area contributed by atoms with Crippen molar-refractivity contribution >= 4 is 0 Å². The Hall–Kier alpha value is -0.930. The summed E-state index contributed by atoms with van der Waals surface area (Å²) in [4.78, 5) is 6.40. The van der Waals surface area contributed by atoms with E-state index in [-0.39, 0.29) is 5.54 Å². The van der Waals surface area contributed by atoms with Gasteiger partial charge in [-0.05, 0) is 44.0 Å². The largest absolute Gasteiger partial charge is 0.324 e. The zero-order chi connectivity index (χ0) is 12.1. The van der Waals surface area contributed by atoms with Gasteiger partial charge in [-0.25, -0.2) is 0 Å². The van der Waals surface area contributed by atoms with Gasteiger partial charge in [-0.15, -0.1) is 0 Å². The highest BCUT2D eigenvalue weighted by Crippen LogP contribution is 2.27.